The van der Waals surface area contributed by atoms with Crippen LogP contribution in [-0.4, -0.2) is 29.9 Å². The van der Waals surface area contributed by atoms with E-state index in [4.69, 9.17) is 15.1 Å². The molecule has 3 N–H and O–H groups in total. The molecule has 0 spiro atoms. The van der Waals surface area contributed by atoms with Crippen molar-refractivity contribution in [3.63, 3.8) is 0 Å². The Morgan fingerprint density at radius 1 is 1.29 bits per heavy atom. The first-order valence-corrected chi connectivity index (χ1v) is 7.36. The van der Waals surface area contributed by atoms with Crippen LogP contribution in [-0.2, 0) is 11.2 Å². The van der Waals surface area contributed by atoms with E-state index in [1.165, 1.54) is 7.11 Å². The molecule has 0 heterocycles. The van der Waals surface area contributed by atoms with Crippen molar-refractivity contribution < 1.29 is 19.7 Å². The summed E-state index contributed by atoms with van der Waals surface area (Å²) >= 11 is 0. The Morgan fingerprint density at radius 3 is 2.54 bits per heavy atom. The van der Waals surface area contributed by atoms with Crippen molar-refractivity contribution in [1.29, 1.82) is 5.26 Å². The van der Waals surface area contributed by atoms with Gasteiger partial charge in [-0.3, -0.25) is 0 Å². The quantitative estimate of drug-likeness (QED) is 0.722. The van der Waals surface area contributed by atoms with Crippen molar-refractivity contribution in [2.24, 2.45) is 0 Å². The van der Waals surface area contributed by atoms with Crippen LogP contribution in [0.2, 0.25) is 0 Å². The number of nitriles is 1. The second-order valence-electron chi connectivity index (χ2n) is 5.15. The summed E-state index contributed by atoms with van der Waals surface area (Å²) in [6.45, 7) is -0.0550. The molecule has 6 heteroatoms. The molecular formula is C18H18N2O4. The third-order valence-electron chi connectivity index (χ3n) is 3.59. The first-order chi connectivity index (χ1) is 11.6. The number of hydrogen-bond acceptors (Lipinski definition) is 5. The molecule has 0 amide bonds. The average molecular weight is 326 g/mol. The third kappa shape index (κ3) is 4.03. The van der Waals surface area contributed by atoms with Gasteiger partial charge < -0.3 is 20.3 Å². The minimum Gasteiger partial charge on any atom is -0.496 e. The lowest BCUT2D eigenvalue weighted by molar-refractivity contribution is -0.138. The molecule has 0 saturated carbocycles. The number of aliphatic hydroxyl groups is 1. The van der Waals surface area contributed by atoms with Crippen LogP contribution in [0.5, 0.6) is 5.75 Å². The zero-order chi connectivity index (χ0) is 17.5. The molecule has 1 unspecified atom stereocenters. The van der Waals surface area contributed by atoms with Gasteiger partial charge in [-0.25, -0.2) is 4.79 Å². The number of nitrogens with zero attached hydrogens (tertiary/aromatic N) is 1. The predicted octanol–water partition coefficient (Wildman–Crippen LogP) is 2.34. The molecule has 0 saturated heterocycles. The molecule has 0 aliphatic heterocycles. The van der Waals surface area contributed by atoms with Crippen LogP contribution in [0, 0.1) is 11.3 Å². The maximum absolute atomic E-state index is 11.7. The largest absolute Gasteiger partial charge is 0.496 e. The zero-order valence-corrected chi connectivity index (χ0v) is 13.2. The van der Waals surface area contributed by atoms with E-state index in [0.29, 0.717) is 29.0 Å². The molecule has 24 heavy (non-hydrogen) atoms. The van der Waals surface area contributed by atoms with Gasteiger partial charge in [-0.2, -0.15) is 5.26 Å². The number of nitrogens with one attached hydrogen (secondary N) is 1. The third-order valence-corrected chi connectivity index (χ3v) is 3.59. The van der Waals surface area contributed by atoms with E-state index in [1.807, 2.05) is 6.07 Å². The number of anilines is 1. The lowest BCUT2D eigenvalue weighted by atomic mass is 10.0. The molecule has 0 radical (unpaired) electrons. The van der Waals surface area contributed by atoms with Gasteiger partial charge in [-0.05, 0) is 53.9 Å². The number of methoxy groups -OCH3 is 1. The van der Waals surface area contributed by atoms with Crippen LogP contribution in [0.15, 0.2) is 42.5 Å². The molecule has 0 bridgehead atoms. The van der Waals surface area contributed by atoms with Gasteiger partial charge in [0.25, 0.3) is 0 Å². The van der Waals surface area contributed by atoms with Crippen LogP contribution in [0.25, 0.3) is 0 Å². The number of benzene rings is 2. The molecular weight excluding hydrogens is 308 g/mol. The average Bonchev–Trinajstić information content (AvgIpc) is 2.60. The maximum atomic E-state index is 11.7. The summed E-state index contributed by atoms with van der Waals surface area (Å²) in [5, 5.41) is 30.4. The van der Waals surface area contributed by atoms with Crippen LogP contribution in [0.4, 0.5) is 5.69 Å². The Hall–Kier alpha value is -3.04. The van der Waals surface area contributed by atoms with Gasteiger partial charge in [-0.15, -0.1) is 0 Å². The summed E-state index contributed by atoms with van der Waals surface area (Å²) in [5.41, 5.74) is 2.39. The molecule has 124 valence electrons. The van der Waals surface area contributed by atoms with Gasteiger partial charge in [-0.1, -0.05) is 6.07 Å². The van der Waals surface area contributed by atoms with E-state index >= 15 is 0 Å². The van der Waals surface area contributed by atoms with Gasteiger partial charge in [0.15, 0.2) is 6.04 Å². The molecule has 0 fully saturated rings. The van der Waals surface area contributed by atoms with Crippen LogP contribution in [0.1, 0.15) is 22.7 Å². The van der Waals surface area contributed by atoms with Crippen molar-refractivity contribution in [3.05, 3.63) is 59.2 Å². The number of carboxylic acids is 1. The van der Waals surface area contributed by atoms with Crippen molar-refractivity contribution in [2.45, 2.75) is 12.5 Å². The lowest BCUT2D eigenvalue weighted by Crippen LogP contribution is -2.20. The predicted molar refractivity (Wildman–Crippen MR) is 88.9 cm³/mol. The number of aliphatic carboxylic acids is 1. The SMILES string of the molecule is COc1ccc(C(Nc2ccc(C#N)cc2)C(=O)O)cc1CCO. The van der Waals surface area contributed by atoms with Crippen molar-refractivity contribution in [3.8, 4) is 11.8 Å². The molecule has 2 rings (SSSR count). The van der Waals surface area contributed by atoms with Crippen LogP contribution >= 0.6 is 0 Å². The number of rotatable bonds is 7. The van der Waals surface area contributed by atoms with Gasteiger partial charge in [0.2, 0.25) is 0 Å². The number of carbonyl (C=O) groups is 1. The van der Waals surface area contributed by atoms with Crippen molar-refractivity contribution in [2.75, 3.05) is 19.0 Å². The summed E-state index contributed by atoms with van der Waals surface area (Å²) in [6, 6.07) is 12.7. The van der Waals surface area contributed by atoms with Crippen LogP contribution in [0.3, 0.4) is 0 Å². The summed E-state index contributed by atoms with van der Waals surface area (Å²) in [4.78, 5) is 11.7. The molecule has 1 atom stereocenters. The maximum Gasteiger partial charge on any atom is 0.330 e. The summed E-state index contributed by atoms with van der Waals surface area (Å²) in [6.07, 6.45) is 0.375. The molecule has 2 aromatic carbocycles. The van der Waals surface area contributed by atoms with E-state index in [9.17, 15) is 9.90 Å². The minimum absolute atomic E-state index is 0.0550. The molecule has 6 nitrogen and oxygen atoms in total. The molecule has 2 aromatic rings. The monoisotopic (exact) mass is 326 g/mol. The summed E-state index contributed by atoms with van der Waals surface area (Å²) < 4.78 is 5.23. The highest BCUT2D eigenvalue weighted by Crippen LogP contribution is 2.26. The fourth-order valence-electron chi connectivity index (χ4n) is 2.39. The number of ether oxygens (including phenoxy) is 1. The van der Waals surface area contributed by atoms with Gasteiger partial charge in [0, 0.05) is 12.3 Å². The fraction of sp³-hybridized carbons (Fsp3) is 0.222. The normalized spacial score (nSPS) is 11.4. The van der Waals surface area contributed by atoms with Gasteiger partial charge >= 0.3 is 5.97 Å². The van der Waals surface area contributed by atoms with Crippen molar-refractivity contribution in [1.82, 2.24) is 0 Å². The first kappa shape index (κ1) is 17.3. The second-order valence-corrected chi connectivity index (χ2v) is 5.15. The molecule has 0 aliphatic carbocycles. The number of hydrogen-bond donors (Lipinski definition) is 3. The smallest absolute Gasteiger partial charge is 0.330 e. The van der Waals surface area contributed by atoms with E-state index in [1.54, 1.807) is 42.5 Å². The Morgan fingerprint density at radius 2 is 2.00 bits per heavy atom. The van der Waals surface area contributed by atoms with E-state index in [2.05, 4.69) is 5.32 Å². The first-order valence-electron chi connectivity index (χ1n) is 7.36. The summed E-state index contributed by atoms with van der Waals surface area (Å²) in [5.74, 6) is -0.421. The Balaban J connectivity index is 2.31. The molecule has 0 aromatic heterocycles. The van der Waals surface area contributed by atoms with Gasteiger partial charge in [0.05, 0.1) is 18.7 Å². The van der Waals surface area contributed by atoms with E-state index < -0.39 is 12.0 Å². The highest BCUT2D eigenvalue weighted by atomic mass is 16.5. The highest BCUT2D eigenvalue weighted by molar-refractivity contribution is 5.79. The van der Waals surface area contributed by atoms with Crippen molar-refractivity contribution >= 4 is 11.7 Å². The summed E-state index contributed by atoms with van der Waals surface area (Å²) in [7, 11) is 1.53. The standard InChI is InChI=1S/C18H18N2O4/c1-24-16-7-4-14(10-13(16)8-9-21)17(18(22)23)20-15-5-2-12(11-19)3-6-15/h2-7,10,17,20-21H,8-9H2,1H3,(H,22,23). The minimum atomic E-state index is -1.03. The fourth-order valence-corrected chi connectivity index (χ4v) is 2.39. The molecule has 0 aliphatic rings. The van der Waals surface area contributed by atoms with Gasteiger partial charge in [0.1, 0.15) is 5.75 Å². The zero-order valence-electron chi connectivity index (χ0n) is 13.2. The number of carboxylic acid groups (broad SMARTS) is 1. The number of aliphatic hydroxyl groups excluding tert-OH is 1. The van der Waals surface area contributed by atoms with E-state index in [0.717, 1.165) is 5.56 Å². The van der Waals surface area contributed by atoms with E-state index in [-0.39, 0.29) is 6.61 Å². The Labute approximate surface area is 139 Å². The Kier molecular flexibility index (Phi) is 5.77. The van der Waals surface area contributed by atoms with Crippen LogP contribution < -0.4 is 10.1 Å². The second kappa shape index (κ2) is 7.99. The lowest BCUT2D eigenvalue weighted by Gasteiger charge is -2.18. The topological polar surface area (TPSA) is 103 Å². The Bertz CT molecular complexity index is 751. The highest BCUT2D eigenvalue weighted by Gasteiger charge is 2.21.